The zero-order valence-corrected chi connectivity index (χ0v) is 93.7. The molecule has 0 radical (unpaired) electrons. The van der Waals surface area contributed by atoms with E-state index in [9.17, 15) is 60.5 Å². The molecule has 6 aliphatic heterocycles. The highest BCUT2D eigenvalue weighted by Gasteiger charge is 2.54. The number of carbonyl (C=O) groups excluding carboxylic acids is 6. The monoisotopic (exact) mass is 2300 g/mol. The zero-order valence-electron chi connectivity index (χ0n) is 83.3. The van der Waals surface area contributed by atoms with Gasteiger partial charge >= 0.3 is 0 Å². The van der Waals surface area contributed by atoms with Gasteiger partial charge in [0, 0.05) is 76.2 Å². The molecule has 10 aromatic rings. The molecule has 0 saturated heterocycles. The summed E-state index contributed by atoms with van der Waals surface area (Å²) in [5.41, 5.74) is 38.1. The van der Waals surface area contributed by atoms with Crippen LogP contribution in [0.3, 0.4) is 0 Å². The van der Waals surface area contributed by atoms with E-state index in [1.54, 1.807) is 180 Å². The third kappa shape index (κ3) is 23.0. The fourth-order valence-electron chi connectivity index (χ4n) is 16.7. The summed E-state index contributed by atoms with van der Waals surface area (Å²) in [5, 5.41) is 37.5. The lowest BCUT2D eigenvalue weighted by Gasteiger charge is -2.41. The number of rotatable bonds is 16. The molecule has 6 amide bonds. The average Bonchev–Trinajstić information content (AvgIpc) is 1.23. The molecule has 9 atom stereocenters. The lowest BCUT2D eigenvalue weighted by molar-refractivity contribution is -0.135. The van der Waals surface area contributed by atoms with Gasteiger partial charge in [-0.2, -0.15) is 15.8 Å². The average molecular weight is 2310 g/mol. The second-order valence-electron chi connectivity index (χ2n) is 37.9. The summed E-state index contributed by atoms with van der Waals surface area (Å²) in [5.74, 6) is -2.05. The zero-order chi connectivity index (χ0) is 108. The van der Waals surface area contributed by atoms with Crippen molar-refractivity contribution in [2.24, 2.45) is 64.4 Å². The van der Waals surface area contributed by atoms with E-state index in [-0.39, 0.29) is 81.5 Å². The summed E-state index contributed by atoms with van der Waals surface area (Å²) in [7, 11) is 2.37. The van der Waals surface area contributed by atoms with Crippen molar-refractivity contribution in [2.45, 2.75) is 173 Å². The molecule has 146 heavy (non-hydrogen) atoms. The number of alkyl halides is 1. The minimum Gasteiger partial charge on any atom is -0.369 e. The summed E-state index contributed by atoms with van der Waals surface area (Å²) in [6.45, 7) is 22.7. The van der Waals surface area contributed by atoms with E-state index in [0.29, 0.717) is 64.8 Å². The van der Waals surface area contributed by atoms with Gasteiger partial charge in [0.05, 0.1) is 87.7 Å². The molecular weight excluding hydrogens is 2200 g/mol. The van der Waals surface area contributed by atoms with Crippen LogP contribution in [0.4, 0.5) is 4.39 Å². The third-order valence-corrected chi connectivity index (χ3v) is 39.0. The number of hydrogen-bond acceptors (Lipinski definition) is 29. The Labute approximate surface area is 896 Å². The fourth-order valence-corrected chi connectivity index (χ4v) is 24.8. The van der Waals surface area contributed by atoms with Crippen LogP contribution in [0.2, 0.25) is 10.0 Å². The number of aliphatic imine (C=N–C) groups is 6. The smallest absolute Gasteiger partial charge is 0.266 e. The standard InChI is InChI=1S/2C23H26N4O3S.C20H24N4O.C17H15ClN4OS.C10H11Br2N3OS.C10H10BrClFN3OS/c2*1-22(2,3)31(29,30)18-11-9-16(10-12-18)19-20(28)27(5)21(25)26-23(19,4)17-8-6-7-15(13-17)14-24;1-3-22-13-12-15-8-7-11-17(14-15)20(16-9-5-4-6-10-16)18(25)24(2)19(21)23-20;1-17(7-15(23)22(2)16(20)21-17)14-6-12(9-24-14)10-3-4-13(18)11(5-10)8-19;1-10(8-7(12)5(11)4-17-8)3-6(16)15(2)9(13)14-10;1-10(7-5(12)4(11)3-18-7)6(13)8(17)16(2)9(14)15-10/h2*6-13,19H,1-5H3,(H2,25,26);4-11,14,22H,3,12-13H2,1-2H3,(H2,21,23);3-6,9H,7H2,1-2H3,(H2,20,21);4H,3H2,1-2H3,(H2,13,14);3,6H,1-2H3,(H2,14,15)/t19-,23+;19-,23-;;17-;10-;6?,10-/m01.000/s1. The van der Waals surface area contributed by atoms with Crippen molar-refractivity contribution in [3.8, 4) is 29.3 Å². The molecular formula is C103H112Br3Cl2FN22O10S5. The molecule has 0 spiro atoms. The SMILES string of the molecule is CCNCCc1cccc(C2(c3ccccc3)N=C(N)N(C)C2=O)c1.CN1C(=O)C(F)[C@@](C)(c2scc(Br)c2Cl)N=C1N.CN1C(=O)C[C@@](C)(c2cc(-c3ccc(Cl)c(C#N)c3)cs2)N=C1N.CN1C(=O)C[C@@](C)(c2scc(Br)c2Br)N=C1N.CN1C(=O)[C@@H](c2ccc(S(=O)(=O)C(C)(C)C)cc2)[C@@](C)(c2cccc(C#N)c2)N=C1N.CN1C(=O)[C@H](c2ccc(S(=O)(=O)C(C)(C)C)cc2)[C@@](C)(c2cccc(C#N)c2)N=C1N. The predicted octanol–water partition coefficient (Wildman–Crippen LogP) is 16.2. The van der Waals surface area contributed by atoms with Crippen LogP contribution in [0.1, 0.15) is 178 Å². The number of sulfone groups is 2. The van der Waals surface area contributed by atoms with Crippen LogP contribution in [0, 0.1) is 34.0 Å². The number of likely N-dealkylation sites (N-methyl/N-ethyl adjacent to an activating group) is 4. The maximum Gasteiger partial charge on any atom is 0.266 e. The Morgan fingerprint density at radius 2 is 0.897 bits per heavy atom. The van der Waals surface area contributed by atoms with Crippen LogP contribution in [-0.4, -0.2) is 188 Å². The first kappa shape index (κ1) is 114. The lowest BCUT2D eigenvalue weighted by Crippen LogP contribution is -2.54. The third-order valence-electron chi connectivity index (χ3n) is 25.8. The number of nitrogens with one attached hydrogen (secondary N) is 1. The highest BCUT2D eigenvalue weighted by molar-refractivity contribution is 9.13. The highest BCUT2D eigenvalue weighted by atomic mass is 79.9. The van der Waals surface area contributed by atoms with Gasteiger partial charge in [0.25, 0.3) is 11.8 Å². The number of hydrogen-bond donors (Lipinski definition) is 7. The van der Waals surface area contributed by atoms with Crippen molar-refractivity contribution in [1.82, 2.24) is 34.7 Å². The maximum atomic E-state index is 14.3. The predicted molar refractivity (Wildman–Crippen MR) is 584 cm³/mol. The number of nitrogens with zero attached hydrogens (tertiary/aromatic N) is 15. The molecule has 9 heterocycles. The molecule has 0 aliphatic carbocycles. The van der Waals surface area contributed by atoms with Crippen LogP contribution in [0.25, 0.3) is 11.1 Å². The summed E-state index contributed by atoms with van der Waals surface area (Å²) >= 11 is 26.6. The first-order valence-electron chi connectivity index (χ1n) is 45.3. The Balaban J connectivity index is 0.000000169. The van der Waals surface area contributed by atoms with Gasteiger partial charge in [-0.15, -0.1) is 34.0 Å². The Hall–Kier alpha value is -12.4. The van der Waals surface area contributed by atoms with E-state index in [1.807, 2.05) is 91.3 Å². The summed E-state index contributed by atoms with van der Waals surface area (Å²) in [6.07, 6.45) is -0.308. The van der Waals surface area contributed by atoms with Gasteiger partial charge in [-0.3, -0.25) is 58.2 Å². The Kier molecular flexibility index (Phi) is 34.9. The van der Waals surface area contributed by atoms with E-state index in [1.165, 1.54) is 91.0 Å². The van der Waals surface area contributed by atoms with E-state index in [0.717, 1.165) is 65.4 Å². The molecule has 2 unspecified atom stereocenters. The van der Waals surface area contributed by atoms with Gasteiger partial charge in [-0.05, 0) is 266 Å². The number of nitriles is 3. The molecule has 16 rings (SSSR count). The number of carbonyl (C=O) groups is 6. The van der Waals surface area contributed by atoms with Crippen molar-refractivity contribution in [3.63, 3.8) is 0 Å². The first-order chi connectivity index (χ1) is 68.2. The normalized spacial score (nSPS) is 22.6. The minimum absolute atomic E-state index is 0.0167. The summed E-state index contributed by atoms with van der Waals surface area (Å²) in [6, 6.07) is 57.9. The van der Waals surface area contributed by atoms with Crippen LogP contribution < -0.4 is 39.7 Å². The van der Waals surface area contributed by atoms with E-state index in [4.69, 9.17) is 62.9 Å². The van der Waals surface area contributed by atoms with E-state index < -0.39 is 86.3 Å². The maximum absolute atomic E-state index is 14.3. The van der Waals surface area contributed by atoms with Crippen molar-refractivity contribution < 1.29 is 50.0 Å². The van der Waals surface area contributed by atoms with Gasteiger partial charge in [0.1, 0.15) is 33.8 Å². The quantitative estimate of drug-likeness (QED) is 0.0442. The molecule has 0 fully saturated rings. The second kappa shape index (κ2) is 44.7. The molecule has 3 aromatic heterocycles. The number of thiophene rings is 3. The topological polar surface area (TPSA) is 504 Å². The summed E-state index contributed by atoms with van der Waals surface area (Å²) < 4.78 is 66.1. The van der Waals surface area contributed by atoms with E-state index >= 15 is 0 Å². The largest absolute Gasteiger partial charge is 0.369 e. The van der Waals surface area contributed by atoms with Crippen LogP contribution >= 0.6 is 105 Å². The van der Waals surface area contributed by atoms with Crippen LogP contribution in [0.5, 0.6) is 0 Å². The lowest BCUT2D eigenvalue weighted by atomic mass is 9.74. The molecule has 13 N–H and O–H groups in total. The number of halogens is 6. The van der Waals surface area contributed by atoms with Crippen LogP contribution in [0.15, 0.2) is 245 Å². The van der Waals surface area contributed by atoms with Crippen molar-refractivity contribution >= 4 is 196 Å². The molecule has 0 bridgehead atoms. The first-order valence-corrected chi connectivity index (χ1v) is 54.1. The van der Waals surface area contributed by atoms with Crippen molar-refractivity contribution in [1.29, 1.82) is 15.8 Å². The molecule has 7 aromatic carbocycles. The van der Waals surface area contributed by atoms with E-state index in [2.05, 4.69) is 120 Å². The van der Waals surface area contributed by atoms with Crippen molar-refractivity contribution in [3.05, 3.63) is 286 Å². The molecule has 32 nitrogen and oxygen atoms in total. The van der Waals surface area contributed by atoms with Crippen molar-refractivity contribution in [2.75, 3.05) is 55.4 Å². The van der Waals surface area contributed by atoms with Gasteiger partial charge in [-0.1, -0.05) is 139 Å². The van der Waals surface area contributed by atoms with Gasteiger partial charge in [0.2, 0.25) is 29.8 Å². The highest BCUT2D eigenvalue weighted by Crippen LogP contribution is 2.51. The number of benzene rings is 7. The minimum atomic E-state index is -3.53. The Morgan fingerprint density at radius 1 is 0.466 bits per heavy atom. The number of nitrogens with two attached hydrogens (primary N) is 6. The Bertz CT molecular complexity index is 7150. The number of guanidine groups is 6. The fraction of sp³-hybridized carbons (Fsp3) is 0.330. The second-order valence-corrected chi connectivity index (χ2v) is 49.3. The molecule has 766 valence electrons. The van der Waals surface area contributed by atoms with Gasteiger partial charge < -0.3 is 39.7 Å². The van der Waals surface area contributed by atoms with Gasteiger partial charge in [0.15, 0.2) is 61.0 Å². The molecule has 0 saturated carbocycles. The molecule has 43 heteroatoms. The van der Waals surface area contributed by atoms with Crippen LogP contribution in [-0.2, 0) is 88.1 Å². The number of amides is 6. The van der Waals surface area contributed by atoms with Gasteiger partial charge in [-0.25, -0.2) is 51.2 Å². The molecule has 6 aliphatic rings. The Morgan fingerprint density at radius 3 is 1.33 bits per heavy atom. The summed E-state index contributed by atoms with van der Waals surface area (Å²) in [4.78, 5) is 113.